The van der Waals surface area contributed by atoms with Crippen molar-refractivity contribution in [2.45, 2.75) is 26.3 Å². The summed E-state index contributed by atoms with van der Waals surface area (Å²) in [6.07, 6.45) is 0.899. The molecule has 0 aliphatic heterocycles. The second kappa shape index (κ2) is 5.84. The highest BCUT2D eigenvalue weighted by molar-refractivity contribution is 7.09. The molecule has 0 aliphatic rings. The van der Waals surface area contributed by atoms with Crippen LogP contribution in [0, 0.1) is 6.92 Å². The number of aryl methyl sites for hydroxylation is 1. The molecule has 0 spiro atoms. The van der Waals surface area contributed by atoms with Crippen LogP contribution in [0.5, 0.6) is 0 Å². The molecular formula is C14H16N2O2S. The number of carboxylic acids is 1. The number of nitrogens with zero attached hydrogens (tertiary/aromatic N) is 1. The Morgan fingerprint density at radius 2 is 2.32 bits per heavy atom. The lowest BCUT2D eigenvalue weighted by molar-refractivity contribution is 0.0696. The van der Waals surface area contributed by atoms with Crippen molar-refractivity contribution in [2.75, 3.05) is 5.32 Å². The van der Waals surface area contributed by atoms with Crippen LogP contribution < -0.4 is 5.32 Å². The summed E-state index contributed by atoms with van der Waals surface area (Å²) in [4.78, 5) is 16.6. The first-order chi connectivity index (χ1) is 9.04. The van der Waals surface area contributed by atoms with Gasteiger partial charge in [0.15, 0.2) is 0 Å². The van der Waals surface area contributed by atoms with Gasteiger partial charge in [0.1, 0.15) is 5.82 Å². The SMILES string of the molecule is Cc1cc(C(=O)O)cc(NC(C)Cc2cccs2)n1. The molecule has 0 aromatic carbocycles. The van der Waals surface area contributed by atoms with Crippen LogP contribution in [-0.2, 0) is 6.42 Å². The molecule has 0 fully saturated rings. The van der Waals surface area contributed by atoms with Gasteiger partial charge in [0.25, 0.3) is 0 Å². The summed E-state index contributed by atoms with van der Waals surface area (Å²) >= 11 is 1.72. The predicted octanol–water partition coefficient (Wildman–Crippen LogP) is 3.19. The van der Waals surface area contributed by atoms with Crippen LogP contribution in [0.4, 0.5) is 5.82 Å². The molecule has 2 rings (SSSR count). The van der Waals surface area contributed by atoms with Crippen molar-refractivity contribution in [1.82, 2.24) is 4.98 Å². The van der Waals surface area contributed by atoms with Gasteiger partial charge in [0.2, 0.25) is 0 Å². The van der Waals surface area contributed by atoms with Gasteiger partial charge in [-0.05, 0) is 37.4 Å². The Morgan fingerprint density at radius 3 is 2.95 bits per heavy atom. The van der Waals surface area contributed by atoms with Gasteiger partial charge in [0.05, 0.1) is 5.56 Å². The van der Waals surface area contributed by atoms with Gasteiger partial charge < -0.3 is 10.4 Å². The Kier molecular flexibility index (Phi) is 4.16. The minimum absolute atomic E-state index is 0.203. The molecule has 2 heterocycles. The molecule has 1 atom stereocenters. The van der Waals surface area contributed by atoms with Crippen molar-refractivity contribution >= 4 is 23.1 Å². The maximum Gasteiger partial charge on any atom is 0.335 e. The van der Waals surface area contributed by atoms with E-state index >= 15 is 0 Å². The number of hydrogen-bond donors (Lipinski definition) is 2. The Hall–Kier alpha value is -1.88. The molecule has 0 amide bonds. The van der Waals surface area contributed by atoms with Crippen molar-refractivity contribution in [3.63, 3.8) is 0 Å². The summed E-state index contributed by atoms with van der Waals surface area (Å²) < 4.78 is 0. The Labute approximate surface area is 116 Å². The van der Waals surface area contributed by atoms with Gasteiger partial charge in [-0.1, -0.05) is 6.07 Å². The molecule has 4 nitrogen and oxygen atoms in total. The maximum absolute atomic E-state index is 11.0. The number of pyridine rings is 1. The fourth-order valence-corrected chi connectivity index (χ4v) is 2.74. The number of thiophene rings is 1. The number of nitrogens with one attached hydrogen (secondary N) is 1. The van der Waals surface area contributed by atoms with E-state index in [1.807, 2.05) is 6.07 Å². The van der Waals surface area contributed by atoms with Gasteiger partial charge >= 0.3 is 5.97 Å². The molecule has 5 heteroatoms. The molecule has 2 N–H and O–H groups in total. The summed E-state index contributed by atoms with van der Waals surface area (Å²) in [6, 6.07) is 7.46. The molecule has 2 aromatic rings. The molecule has 19 heavy (non-hydrogen) atoms. The fraction of sp³-hybridized carbons (Fsp3) is 0.286. The number of carboxylic acid groups (broad SMARTS) is 1. The van der Waals surface area contributed by atoms with Crippen molar-refractivity contribution in [3.05, 3.63) is 45.8 Å². The van der Waals surface area contributed by atoms with Crippen molar-refractivity contribution in [2.24, 2.45) is 0 Å². The minimum Gasteiger partial charge on any atom is -0.478 e. The van der Waals surface area contributed by atoms with Crippen LogP contribution in [0.3, 0.4) is 0 Å². The molecule has 0 aliphatic carbocycles. The fourth-order valence-electron chi connectivity index (χ4n) is 1.90. The third kappa shape index (κ3) is 3.79. The van der Waals surface area contributed by atoms with Gasteiger partial charge in [-0.3, -0.25) is 0 Å². The quantitative estimate of drug-likeness (QED) is 0.880. The summed E-state index contributed by atoms with van der Waals surface area (Å²) in [5.74, 6) is -0.319. The lowest BCUT2D eigenvalue weighted by atomic mass is 10.2. The Bertz CT molecular complexity index is 567. The van der Waals surface area contributed by atoms with E-state index in [1.165, 1.54) is 4.88 Å². The second-order valence-electron chi connectivity index (χ2n) is 4.52. The van der Waals surface area contributed by atoms with E-state index in [-0.39, 0.29) is 11.6 Å². The molecule has 1 unspecified atom stereocenters. The van der Waals surface area contributed by atoms with E-state index in [9.17, 15) is 4.79 Å². The Balaban J connectivity index is 2.08. The second-order valence-corrected chi connectivity index (χ2v) is 5.55. The van der Waals surface area contributed by atoms with Gasteiger partial charge in [-0.15, -0.1) is 11.3 Å². The first kappa shape index (κ1) is 13.5. The van der Waals surface area contributed by atoms with E-state index in [1.54, 1.807) is 30.4 Å². The minimum atomic E-state index is -0.931. The van der Waals surface area contributed by atoms with Gasteiger partial charge in [0, 0.05) is 23.0 Å². The third-order valence-electron chi connectivity index (χ3n) is 2.68. The Morgan fingerprint density at radius 1 is 1.53 bits per heavy atom. The number of aromatic nitrogens is 1. The van der Waals surface area contributed by atoms with E-state index in [2.05, 4.69) is 28.7 Å². The zero-order chi connectivity index (χ0) is 13.8. The van der Waals surface area contributed by atoms with Crippen molar-refractivity contribution < 1.29 is 9.90 Å². The van der Waals surface area contributed by atoms with E-state index in [0.717, 1.165) is 6.42 Å². The zero-order valence-corrected chi connectivity index (χ0v) is 11.7. The third-order valence-corrected chi connectivity index (χ3v) is 3.58. The first-order valence-corrected chi connectivity index (χ1v) is 6.93. The van der Waals surface area contributed by atoms with Crippen molar-refractivity contribution in [3.8, 4) is 0 Å². The standard InChI is InChI=1S/C14H16N2O2S/c1-9-6-11(14(17)18)8-13(15-9)16-10(2)7-12-4-3-5-19-12/h3-6,8,10H,7H2,1-2H3,(H,15,16)(H,17,18). The van der Waals surface area contributed by atoms with Crippen LogP contribution in [0.2, 0.25) is 0 Å². The van der Waals surface area contributed by atoms with E-state index in [4.69, 9.17) is 5.11 Å². The highest BCUT2D eigenvalue weighted by Crippen LogP contribution is 2.15. The number of rotatable bonds is 5. The number of carbonyl (C=O) groups is 1. The maximum atomic E-state index is 11.0. The molecule has 0 saturated heterocycles. The van der Waals surface area contributed by atoms with Gasteiger partial charge in [-0.25, -0.2) is 9.78 Å². The van der Waals surface area contributed by atoms with Crippen LogP contribution in [-0.4, -0.2) is 22.1 Å². The van der Waals surface area contributed by atoms with E-state index < -0.39 is 5.97 Å². The molecule has 2 aromatic heterocycles. The first-order valence-electron chi connectivity index (χ1n) is 6.05. The number of anilines is 1. The lowest BCUT2D eigenvalue weighted by Gasteiger charge is -2.14. The predicted molar refractivity (Wildman–Crippen MR) is 77.0 cm³/mol. The van der Waals surface area contributed by atoms with Crippen LogP contribution in [0.1, 0.15) is 27.9 Å². The van der Waals surface area contributed by atoms with Crippen LogP contribution in [0.15, 0.2) is 29.6 Å². The van der Waals surface area contributed by atoms with E-state index in [0.29, 0.717) is 11.5 Å². The smallest absolute Gasteiger partial charge is 0.335 e. The summed E-state index contributed by atoms with van der Waals surface area (Å²) in [7, 11) is 0. The largest absolute Gasteiger partial charge is 0.478 e. The normalized spacial score (nSPS) is 12.1. The molecule has 0 saturated carbocycles. The molecular weight excluding hydrogens is 260 g/mol. The molecule has 0 radical (unpaired) electrons. The van der Waals surface area contributed by atoms with Crippen LogP contribution >= 0.6 is 11.3 Å². The summed E-state index contributed by atoms with van der Waals surface area (Å²) in [5, 5.41) is 14.3. The summed E-state index contributed by atoms with van der Waals surface area (Å²) in [5.41, 5.74) is 0.962. The average Bonchev–Trinajstić information content (AvgIpc) is 2.80. The zero-order valence-electron chi connectivity index (χ0n) is 10.9. The highest BCUT2D eigenvalue weighted by Gasteiger charge is 2.09. The monoisotopic (exact) mass is 276 g/mol. The average molecular weight is 276 g/mol. The lowest BCUT2D eigenvalue weighted by Crippen LogP contribution is -2.19. The van der Waals surface area contributed by atoms with Gasteiger partial charge in [-0.2, -0.15) is 0 Å². The van der Waals surface area contributed by atoms with Crippen molar-refractivity contribution in [1.29, 1.82) is 0 Å². The van der Waals surface area contributed by atoms with Crippen LogP contribution in [0.25, 0.3) is 0 Å². The summed E-state index contributed by atoms with van der Waals surface area (Å²) in [6.45, 7) is 3.85. The highest BCUT2D eigenvalue weighted by atomic mass is 32.1. The molecule has 100 valence electrons. The topological polar surface area (TPSA) is 62.2 Å². The number of aromatic carboxylic acids is 1. The number of hydrogen-bond acceptors (Lipinski definition) is 4. The molecule has 0 bridgehead atoms.